The van der Waals surface area contributed by atoms with Crippen molar-refractivity contribution in [2.75, 3.05) is 0 Å². The predicted octanol–water partition coefficient (Wildman–Crippen LogP) is 0.787. The maximum absolute atomic E-state index is 12.6. The van der Waals surface area contributed by atoms with E-state index in [1.165, 1.54) is 12.1 Å². The lowest BCUT2D eigenvalue weighted by atomic mass is 9.54. The molecule has 0 aliphatic carbocycles. The summed E-state index contributed by atoms with van der Waals surface area (Å²) in [6, 6.07) is 19.1. The molecule has 0 aliphatic heterocycles. The molecule has 0 aromatic heterocycles. The summed E-state index contributed by atoms with van der Waals surface area (Å²) in [5.41, 5.74) is 12.5. The third kappa shape index (κ3) is 4.50. The largest absolute Gasteiger partial charge is 0.525 e. The Balaban J connectivity index is 1.97. The van der Waals surface area contributed by atoms with Gasteiger partial charge in [-0.3, -0.25) is 9.59 Å². The van der Waals surface area contributed by atoms with Gasteiger partial charge in [0.15, 0.2) is 0 Å². The van der Waals surface area contributed by atoms with Crippen LogP contribution >= 0.6 is 0 Å². The van der Waals surface area contributed by atoms with Gasteiger partial charge in [-0.25, -0.2) is 0 Å². The van der Waals surface area contributed by atoms with E-state index in [0.29, 0.717) is 5.46 Å². The number of nitrogens with two attached hydrogens (primary N) is 2. The van der Waals surface area contributed by atoms with Crippen LogP contribution in [0, 0.1) is 0 Å². The topological polar surface area (TPSA) is 116 Å². The van der Waals surface area contributed by atoms with Gasteiger partial charge in [0.25, 0.3) is 0 Å². The number of aromatic hydroxyl groups is 1. The standard InChI is InChI=1S/C21H21BN2O4/c23-19(12-13-20(24)26)21(27)28-22(15-8-10-16(25)11-9-15)18-7-3-5-14-4-1-2-6-17(14)18/h1-11,19,25H,12-13,23H2,(H2,24,26). The molecule has 3 rings (SSSR count). The lowest BCUT2D eigenvalue weighted by Crippen LogP contribution is -2.49. The molecule has 7 heteroatoms. The minimum atomic E-state index is -0.956. The van der Waals surface area contributed by atoms with E-state index in [4.69, 9.17) is 16.1 Å². The Morgan fingerprint density at radius 1 is 1.00 bits per heavy atom. The van der Waals surface area contributed by atoms with Gasteiger partial charge in [0, 0.05) is 6.42 Å². The van der Waals surface area contributed by atoms with Gasteiger partial charge in [0.05, 0.1) is 0 Å². The summed E-state index contributed by atoms with van der Waals surface area (Å²) in [5.74, 6) is -1.02. The highest BCUT2D eigenvalue weighted by molar-refractivity contribution is 6.83. The third-order valence-corrected chi connectivity index (χ3v) is 4.54. The minimum absolute atomic E-state index is 0.00834. The molecule has 3 aromatic carbocycles. The van der Waals surface area contributed by atoms with Crippen LogP contribution in [-0.2, 0) is 14.2 Å². The van der Waals surface area contributed by atoms with Crippen molar-refractivity contribution in [2.45, 2.75) is 18.9 Å². The van der Waals surface area contributed by atoms with Crippen molar-refractivity contribution in [1.29, 1.82) is 0 Å². The lowest BCUT2D eigenvalue weighted by Gasteiger charge is -2.19. The Bertz CT molecular complexity index is 986. The van der Waals surface area contributed by atoms with E-state index in [9.17, 15) is 14.7 Å². The number of carbonyl (C=O) groups excluding carboxylic acids is 2. The zero-order chi connectivity index (χ0) is 20.1. The number of hydrogen-bond donors (Lipinski definition) is 3. The van der Waals surface area contributed by atoms with Crippen molar-refractivity contribution in [3.05, 3.63) is 66.7 Å². The third-order valence-electron chi connectivity index (χ3n) is 4.54. The molecule has 0 saturated carbocycles. The van der Waals surface area contributed by atoms with Crippen LogP contribution in [0.3, 0.4) is 0 Å². The van der Waals surface area contributed by atoms with Crippen molar-refractivity contribution in [1.82, 2.24) is 0 Å². The monoisotopic (exact) mass is 376 g/mol. The molecule has 3 aromatic rings. The van der Waals surface area contributed by atoms with Crippen LogP contribution < -0.4 is 22.4 Å². The Labute approximate surface area is 163 Å². The van der Waals surface area contributed by atoms with E-state index in [2.05, 4.69) is 0 Å². The minimum Gasteiger partial charge on any atom is -0.525 e. The van der Waals surface area contributed by atoms with Gasteiger partial charge in [-0.05, 0) is 40.3 Å². The Hall–Kier alpha value is -3.32. The molecule has 5 N–H and O–H groups in total. The SMILES string of the molecule is NC(=O)CCC(N)C(=O)OB(c1ccc(O)cc1)c1cccc2ccccc12. The van der Waals surface area contributed by atoms with E-state index in [1.807, 2.05) is 42.5 Å². The number of phenols is 1. The number of fused-ring (bicyclic) bond motifs is 1. The first-order valence-corrected chi connectivity index (χ1v) is 8.96. The maximum Gasteiger partial charge on any atom is 0.430 e. The summed E-state index contributed by atoms with van der Waals surface area (Å²) < 4.78 is 5.77. The molecular formula is C21H21BN2O4. The van der Waals surface area contributed by atoms with E-state index in [-0.39, 0.29) is 18.6 Å². The number of amides is 1. The number of primary amides is 1. The fraction of sp³-hybridized carbons (Fsp3) is 0.143. The Morgan fingerprint density at radius 2 is 1.68 bits per heavy atom. The summed E-state index contributed by atoms with van der Waals surface area (Å²) in [4.78, 5) is 23.5. The summed E-state index contributed by atoms with van der Waals surface area (Å²) in [5, 5.41) is 11.6. The summed E-state index contributed by atoms with van der Waals surface area (Å²) >= 11 is 0. The van der Waals surface area contributed by atoms with Gasteiger partial charge in [-0.1, -0.05) is 54.6 Å². The normalized spacial score (nSPS) is 11.8. The van der Waals surface area contributed by atoms with Gasteiger partial charge in [0.2, 0.25) is 5.91 Å². The number of hydrogen-bond acceptors (Lipinski definition) is 5. The molecule has 1 atom stereocenters. The molecule has 0 heterocycles. The average molecular weight is 376 g/mol. The molecule has 28 heavy (non-hydrogen) atoms. The van der Waals surface area contributed by atoms with Crippen LogP contribution in [0.1, 0.15) is 12.8 Å². The highest BCUT2D eigenvalue weighted by Gasteiger charge is 2.29. The van der Waals surface area contributed by atoms with Crippen LogP contribution in [0.5, 0.6) is 5.75 Å². The second kappa shape index (κ2) is 8.58. The van der Waals surface area contributed by atoms with Gasteiger partial charge >= 0.3 is 12.9 Å². The van der Waals surface area contributed by atoms with Gasteiger partial charge < -0.3 is 21.2 Å². The maximum atomic E-state index is 12.6. The lowest BCUT2D eigenvalue weighted by molar-refractivity contribution is -0.136. The molecule has 0 saturated heterocycles. The van der Waals surface area contributed by atoms with Crippen LogP contribution in [0.15, 0.2) is 66.7 Å². The van der Waals surface area contributed by atoms with E-state index >= 15 is 0 Å². The second-order valence-corrected chi connectivity index (χ2v) is 6.59. The van der Waals surface area contributed by atoms with E-state index in [0.717, 1.165) is 16.2 Å². The van der Waals surface area contributed by atoms with Crippen molar-refractivity contribution in [3.8, 4) is 5.75 Å². The summed E-state index contributed by atoms with van der Waals surface area (Å²) in [6.07, 6.45) is 0.125. The van der Waals surface area contributed by atoms with Crippen molar-refractivity contribution in [3.63, 3.8) is 0 Å². The van der Waals surface area contributed by atoms with E-state index in [1.54, 1.807) is 12.1 Å². The number of benzene rings is 3. The molecule has 0 fully saturated rings. The summed E-state index contributed by atoms with van der Waals surface area (Å²) in [6.45, 7) is -0.709. The van der Waals surface area contributed by atoms with Gasteiger partial charge in [-0.2, -0.15) is 0 Å². The molecular weight excluding hydrogens is 355 g/mol. The molecule has 6 nitrogen and oxygen atoms in total. The van der Waals surface area contributed by atoms with Crippen LogP contribution in [0.4, 0.5) is 0 Å². The number of rotatable bonds is 7. The quantitative estimate of drug-likeness (QED) is 0.528. The van der Waals surface area contributed by atoms with Gasteiger partial charge in [0.1, 0.15) is 11.8 Å². The van der Waals surface area contributed by atoms with Crippen LogP contribution in [0.25, 0.3) is 10.8 Å². The highest BCUT2D eigenvalue weighted by Crippen LogP contribution is 2.13. The molecule has 1 amide bonds. The molecule has 0 aliphatic rings. The van der Waals surface area contributed by atoms with Crippen molar-refractivity contribution >= 4 is 40.5 Å². The Morgan fingerprint density at radius 3 is 2.39 bits per heavy atom. The van der Waals surface area contributed by atoms with Gasteiger partial charge in [-0.15, -0.1) is 0 Å². The number of carbonyl (C=O) groups is 2. The Kier molecular flexibility index (Phi) is 5.96. The number of phenolic OH excluding ortho intramolecular Hbond substituents is 1. The summed E-state index contributed by atoms with van der Waals surface area (Å²) in [7, 11) is 0. The van der Waals surface area contributed by atoms with Crippen molar-refractivity contribution in [2.24, 2.45) is 11.5 Å². The first-order valence-electron chi connectivity index (χ1n) is 8.96. The first-order chi connectivity index (χ1) is 13.5. The van der Waals surface area contributed by atoms with Crippen LogP contribution in [0.2, 0.25) is 0 Å². The predicted molar refractivity (Wildman–Crippen MR) is 110 cm³/mol. The fourth-order valence-electron chi connectivity index (χ4n) is 3.06. The zero-order valence-corrected chi connectivity index (χ0v) is 15.2. The molecule has 0 radical (unpaired) electrons. The zero-order valence-electron chi connectivity index (χ0n) is 15.2. The highest BCUT2D eigenvalue weighted by atomic mass is 16.5. The molecule has 142 valence electrons. The second-order valence-electron chi connectivity index (χ2n) is 6.59. The smallest absolute Gasteiger partial charge is 0.430 e. The molecule has 0 bridgehead atoms. The first kappa shape index (κ1) is 19.4. The molecule has 0 spiro atoms. The van der Waals surface area contributed by atoms with Crippen molar-refractivity contribution < 1.29 is 19.3 Å². The van der Waals surface area contributed by atoms with E-state index < -0.39 is 24.8 Å². The van der Waals surface area contributed by atoms with Crippen LogP contribution in [-0.4, -0.2) is 29.9 Å². The average Bonchev–Trinajstić information content (AvgIpc) is 2.70. The fourth-order valence-corrected chi connectivity index (χ4v) is 3.06. The molecule has 1 unspecified atom stereocenters.